The molecular weight excluding hydrogens is 346 g/mol. The lowest BCUT2D eigenvalue weighted by molar-refractivity contribution is -0.117. The number of carbonyl (C=O) groups is 2. The number of ether oxygens (including phenoxy) is 1. The molecule has 1 N–H and O–H groups in total. The zero-order valence-electron chi connectivity index (χ0n) is 17.0. The van der Waals surface area contributed by atoms with E-state index in [-0.39, 0.29) is 24.1 Å². The normalized spacial score (nSPS) is 22.9. The van der Waals surface area contributed by atoms with E-state index >= 15 is 0 Å². The molecule has 0 bridgehead atoms. The van der Waals surface area contributed by atoms with Crippen molar-refractivity contribution in [3.05, 3.63) is 11.9 Å². The second kappa shape index (κ2) is 7.50. The Bertz CT molecular complexity index is 709. The molecule has 2 aliphatic heterocycles. The van der Waals surface area contributed by atoms with Crippen molar-refractivity contribution in [1.29, 1.82) is 0 Å². The van der Waals surface area contributed by atoms with Gasteiger partial charge in [0.2, 0.25) is 5.91 Å². The van der Waals surface area contributed by atoms with Crippen molar-refractivity contribution in [2.75, 3.05) is 18.0 Å². The SMILES string of the molecule is CCCNC1CC(=O)N(c2cnn3c2CN(C(=O)OC(C)(C)C)[C@@H](C)C3)C1. The Balaban J connectivity index is 1.77. The van der Waals surface area contributed by atoms with Crippen LogP contribution in [0.4, 0.5) is 10.5 Å². The Labute approximate surface area is 160 Å². The van der Waals surface area contributed by atoms with Crippen LogP contribution in [0.2, 0.25) is 0 Å². The van der Waals surface area contributed by atoms with Crippen molar-refractivity contribution in [2.24, 2.45) is 0 Å². The van der Waals surface area contributed by atoms with Crippen LogP contribution in [0.3, 0.4) is 0 Å². The maximum Gasteiger partial charge on any atom is 0.410 e. The van der Waals surface area contributed by atoms with E-state index in [1.807, 2.05) is 32.4 Å². The Morgan fingerprint density at radius 2 is 2.11 bits per heavy atom. The molecule has 1 unspecified atom stereocenters. The van der Waals surface area contributed by atoms with Gasteiger partial charge in [0.1, 0.15) is 5.60 Å². The predicted molar refractivity (Wildman–Crippen MR) is 103 cm³/mol. The third kappa shape index (κ3) is 4.26. The highest BCUT2D eigenvalue weighted by Crippen LogP contribution is 2.30. The molecular formula is C19H31N5O3. The minimum absolute atomic E-state index is 0.0200. The van der Waals surface area contributed by atoms with Gasteiger partial charge in [0, 0.05) is 19.0 Å². The highest BCUT2D eigenvalue weighted by atomic mass is 16.6. The van der Waals surface area contributed by atoms with Crippen molar-refractivity contribution in [3.63, 3.8) is 0 Å². The molecule has 0 radical (unpaired) electrons. The number of anilines is 1. The fourth-order valence-electron chi connectivity index (χ4n) is 3.60. The Morgan fingerprint density at radius 3 is 2.78 bits per heavy atom. The Morgan fingerprint density at radius 1 is 1.37 bits per heavy atom. The number of hydrogen-bond donors (Lipinski definition) is 1. The van der Waals surface area contributed by atoms with Crippen molar-refractivity contribution >= 4 is 17.7 Å². The first kappa shape index (κ1) is 19.7. The average molecular weight is 377 g/mol. The van der Waals surface area contributed by atoms with Crippen LogP contribution in [0, 0.1) is 0 Å². The lowest BCUT2D eigenvalue weighted by Crippen LogP contribution is -2.47. The molecule has 1 fully saturated rings. The summed E-state index contributed by atoms with van der Waals surface area (Å²) >= 11 is 0. The van der Waals surface area contributed by atoms with Gasteiger partial charge >= 0.3 is 6.09 Å². The van der Waals surface area contributed by atoms with Gasteiger partial charge < -0.3 is 15.0 Å². The van der Waals surface area contributed by atoms with Gasteiger partial charge in [-0.2, -0.15) is 5.10 Å². The van der Waals surface area contributed by atoms with Crippen molar-refractivity contribution in [2.45, 2.75) is 78.2 Å². The fourth-order valence-corrected chi connectivity index (χ4v) is 3.60. The van der Waals surface area contributed by atoms with Gasteiger partial charge in [-0.3, -0.25) is 14.4 Å². The summed E-state index contributed by atoms with van der Waals surface area (Å²) in [5.41, 5.74) is 1.16. The molecule has 0 saturated carbocycles. The maximum atomic E-state index is 12.6. The molecule has 150 valence electrons. The highest BCUT2D eigenvalue weighted by molar-refractivity contribution is 5.96. The van der Waals surface area contributed by atoms with Crippen LogP contribution >= 0.6 is 0 Å². The van der Waals surface area contributed by atoms with E-state index in [4.69, 9.17) is 4.74 Å². The molecule has 3 heterocycles. The quantitative estimate of drug-likeness (QED) is 0.869. The number of nitrogens with zero attached hydrogens (tertiary/aromatic N) is 4. The van der Waals surface area contributed by atoms with E-state index in [0.717, 1.165) is 24.3 Å². The lowest BCUT2D eigenvalue weighted by atomic mass is 10.2. The molecule has 1 aromatic rings. The molecule has 1 saturated heterocycles. The molecule has 27 heavy (non-hydrogen) atoms. The standard InChI is InChI=1S/C19H31N5O3/c1-6-7-20-14-8-17(25)23(11-14)15-9-21-24-10-13(2)22(12-16(15)24)18(26)27-19(3,4)5/h9,13-14,20H,6-8,10-12H2,1-5H3/t13-,14?/m0/s1. The summed E-state index contributed by atoms with van der Waals surface area (Å²) in [6.07, 6.45) is 2.96. The second-order valence-corrected chi connectivity index (χ2v) is 8.48. The minimum Gasteiger partial charge on any atom is -0.444 e. The first-order valence-electron chi connectivity index (χ1n) is 9.77. The summed E-state index contributed by atoms with van der Waals surface area (Å²) in [5, 5.41) is 7.88. The predicted octanol–water partition coefficient (Wildman–Crippen LogP) is 2.13. The molecule has 3 rings (SSSR count). The van der Waals surface area contributed by atoms with Crippen LogP contribution in [0.25, 0.3) is 0 Å². The smallest absolute Gasteiger partial charge is 0.410 e. The number of rotatable bonds is 4. The molecule has 0 aliphatic carbocycles. The Hall–Kier alpha value is -2.09. The third-order valence-electron chi connectivity index (χ3n) is 4.94. The number of aromatic nitrogens is 2. The second-order valence-electron chi connectivity index (χ2n) is 8.48. The van der Waals surface area contributed by atoms with Gasteiger partial charge in [-0.25, -0.2) is 4.79 Å². The number of hydrogen-bond acceptors (Lipinski definition) is 5. The maximum absolute atomic E-state index is 12.6. The number of nitrogens with one attached hydrogen (secondary N) is 1. The van der Waals surface area contributed by atoms with E-state index in [0.29, 0.717) is 26.1 Å². The largest absolute Gasteiger partial charge is 0.444 e. The van der Waals surface area contributed by atoms with Crippen LogP contribution < -0.4 is 10.2 Å². The molecule has 2 aliphatic rings. The summed E-state index contributed by atoms with van der Waals surface area (Å²) in [6.45, 7) is 12.2. The molecule has 0 spiro atoms. The number of amides is 2. The van der Waals surface area contributed by atoms with Crippen LogP contribution in [-0.4, -0.2) is 57.5 Å². The summed E-state index contributed by atoms with van der Waals surface area (Å²) in [5.74, 6) is 0.0989. The van der Waals surface area contributed by atoms with Gasteiger partial charge in [-0.1, -0.05) is 6.92 Å². The van der Waals surface area contributed by atoms with Gasteiger partial charge in [-0.15, -0.1) is 0 Å². The zero-order chi connectivity index (χ0) is 19.8. The van der Waals surface area contributed by atoms with Crippen LogP contribution in [0.5, 0.6) is 0 Å². The molecule has 8 heteroatoms. The van der Waals surface area contributed by atoms with Gasteiger partial charge in [0.05, 0.1) is 36.7 Å². The first-order chi connectivity index (χ1) is 12.7. The molecule has 2 amide bonds. The summed E-state index contributed by atoms with van der Waals surface area (Å²) in [7, 11) is 0. The Kier molecular flexibility index (Phi) is 5.46. The van der Waals surface area contributed by atoms with Crippen LogP contribution in [0.1, 0.15) is 53.2 Å². The summed E-state index contributed by atoms with van der Waals surface area (Å²) in [6, 6.07) is 0.144. The van der Waals surface area contributed by atoms with E-state index in [1.165, 1.54) is 0 Å². The minimum atomic E-state index is -0.541. The third-order valence-corrected chi connectivity index (χ3v) is 4.94. The average Bonchev–Trinajstić information content (AvgIpc) is 3.13. The van der Waals surface area contributed by atoms with Crippen molar-refractivity contribution in [1.82, 2.24) is 20.0 Å². The molecule has 0 aromatic carbocycles. The van der Waals surface area contributed by atoms with Crippen LogP contribution in [-0.2, 0) is 22.6 Å². The van der Waals surface area contributed by atoms with Gasteiger partial charge in [0.15, 0.2) is 0 Å². The first-order valence-corrected chi connectivity index (χ1v) is 9.77. The molecule has 1 aromatic heterocycles. The van der Waals surface area contributed by atoms with E-state index in [9.17, 15) is 9.59 Å². The fraction of sp³-hybridized carbons (Fsp3) is 0.737. The molecule has 2 atom stereocenters. The summed E-state index contributed by atoms with van der Waals surface area (Å²) < 4.78 is 7.46. The highest BCUT2D eigenvalue weighted by Gasteiger charge is 2.37. The van der Waals surface area contributed by atoms with Gasteiger partial charge in [-0.05, 0) is 40.7 Å². The van der Waals surface area contributed by atoms with Crippen molar-refractivity contribution in [3.8, 4) is 0 Å². The zero-order valence-corrected chi connectivity index (χ0v) is 17.0. The lowest BCUT2D eigenvalue weighted by Gasteiger charge is -2.36. The van der Waals surface area contributed by atoms with Crippen molar-refractivity contribution < 1.29 is 14.3 Å². The molecule has 8 nitrogen and oxygen atoms in total. The number of fused-ring (bicyclic) bond motifs is 1. The van der Waals surface area contributed by atoms with E-state index in [2.05, 4.69) is 17.3 Å². The van der Waals surface area contributed by atoms with E-state index < -0.39 is 5.60 Å². The monoisotopic (exact) mass is 377 g/mol. The summed E-state index contributed by atoms with van der Waals surface area (Å²) in [4.78, 5) is 28.7. The number of carbonyl (C=O) groups excluding carboxylic acids is 2. The topological polar surface area (TPSA) is 79.7 Å². The van der Waals surface area contributed by atoms with E-state index in [1.54, 1.807) is 16.0 Å². The van der Waals surface area contributed by atoms with Gasteiger partial charge in [0.25, 0.3) is 0 Å². The van der Waals surface area contributed by atoms with Crippen LogP contribution in [0.15, 0.2) is 6.20 Å².